The Morgan fingerprint density at radius 2 is 1.95 bits per heavy atom. The topological polar surface area (TPSA) is 34.0 Å². The lowest BCUT2D eigenvalue weighted by molar-refractivity contribution is 0.0928. The smallest absolute Gasteiger partial charge is 0.268 e. The van der Waals surface area contributed by atoms with Crippen molar-refractivity contribution in [1.82, 2.24) is 9.88 Å². The summed E-state index contributed by atoms with van der Waals surface area (Å²) in [5, 5.41) is 3.10. The Morgan fingerprint density at radius 1 is 1.27 bits per heavy atom. The Morgan fingerprint density at radius 3 is 2.55 bits per heavy atom. The predicted octanol–water partition coefficient (Wildman–Crippen LogP) is 5.12. The minimum Gasteiger partial charge on any atom is -0.344 e. The molecular weight excluding hydrogens is 371 g/mol. The zero-order chi connectivity index (χ0) is 16.4. The first-order valence-electron chi connectivity index (χ1n) is 6.94. The molecule has 0 spiro atoms. The molecule has 0 saturated heterocycles. The number of aromatic nitrogens is 1. The van der Waals surface area contributed by atoms with Gasteiger partial charge in [-0.2, -0.15) is 0 Å². The van der Waals surface area contributed by atoms with E-state index in [0.717, 1.165) is 4.60 Å². The number of hydrogen-bond acceptors (Lipinski definition) is 1. The Kier molecular flexibility index (Phi) is 5.29. The van der Waals surface area contributed by atoms with Gasteiger partial charge in [0.25, 0.3) is 5.91 Å². The van der Waals surface area contributed by atoms with Crippen LogP contribution in [-0.2, 0) is 0 Å². The van der Waals surface area contributed by atoms with Crippen LogP contribution in [0.3, 0.4) is 0 Å². The van der Waals surface area contributed by atoms with Gasteiger partial charge in [0, 0.05) is 16.6 Å². The van der Waals surface area contributed by atoms with Gasteiger partial charge in [-0.15, -0.1) is 0 Å². The molecule has 1 unspecified atom stereocenters. The molecule has 2 rings (SSSR count). The van der Waals surface area contributed by atoms with Gasteiger partial charge in [0.15, 0.2) is 0 Å². The van der Waals surface area contributed by atoms with Gasteiger partial charge in [-0.3, -0.25) is 4.79 Å². The van der Waals surface area contributed by atoms with E-state index in [9.17, 15) is 9.18 Å². The highest BCUT2D eigenvalue weighted by atomic mass is 79.9. The molecule has 22 heavy (non-hydrogen) atoms. The maximum absolute atomic E-state index is 13.9. The van der Waals surface area contributed by atoms with Crippen LogP contribution in [0.15, 0.2) is 34.9 Å². The van der Waals surface area contributed by atoms with Gasteiger partial charge in [-0.05, 0) is 61.0 Å². The molecule has 1 atom stereocenters. The van der Waals surface area contributed by atoms with Crippen LogP contribution in [-0.4, -0.2) is 10.5 Å². The SMILES string of the molecule is CC(NC(=O)c1ccc(Br)n1C(C)C)c1c(F)cccc1Cl. The normalized spacial score (nSPS) is 12.5. The van der Waals surface area contributed by atoms with Crippen LogP contribution in [0.5, 0.6) is 0 Å². The minimum absolute atomic E-state index is 0.123. The summed E-state index contributed by atoms with van der Waals surface area (Å²) in [5.74, 6) is -0.702. The number of benzene rings is 1. The van der Waals surface area contributed by atoms with Crippen LogP contribution >= 0.6 is 27.5 Å². The molecule has 1 aromatic carbocycles. The molecule has 1 N–H and O–H groups in total. The number of hydrogen-bond donors (Lipinski definition) is 1. The Labute approximate surface area is 142 Å². The fraction of sp³-hybridized carbons (Fsp3) is 0.312. The van der Waals surface area contributed by atoms with Crippen LogP contribution in [0, 0.1) is 5.82 Å². The maximum atomic E-state index is 13.9. The third-order valence-corrected chi connectivity index (χ3v) is 4.37. The van der Waals surface area contributed by atoms with Crippen molar-refractivity contribution in [2.45, 2.75) is 32.9 Å². The first kappa shape index (κ1) is 17.0. The van der Waals surface area contributed by atoms with Crippen LogP contribution in [0.25, 0.3) is 0 Å². The van der Waals surface area contributed by atoms with E-state index < -0.39 is 11.9 Å². The molecular formula is C16H17BrClFN2O. The van der Waals surface area contributed by atoms with E-state index in [4.69, 9.17) is 11.6 Å². The summed E-state index contributed by atoms with van der Waals surface area (Å²) in [6.07, 6.45) is 0. The van der Waals surface area contributed by atoms with E-state index in [1.165, 1.54) is 12.1 Å². The van der Waals surface area contributed by atoms with Gasteiger partial charge >= 0.3 is 0 Å². The number of rotatable bonds is 4. The quantitative estimate of drug-likeness (QED) is 0.776. The van der Waals surface area contributed by atoms with Crippen LogP contribution < -0.4 is 5.32 Å². The molecule has 2 aromatic rings. The monoisotopic (exact) mass is 386 g/mol. The van der Waals surface area contributed by atoms with Crippen LogP contribution in [0.4, 0.5) is 4.39 Å². The highest BCUT2D eigenvalue weighted by Gasteiger charge is 2.21. The maximum Gasteiger partial charge on any atom is 0.268 e. The Balaban J connectivity index is 2.26. The molecule has 0 radical (unpaired) electrons. The van der Waals surface area contributed by atoms with Gasteiger partial charge < -0.3 is 9.88 Å². The van der Waals surface area contributed by atoms with E-state index in [2.05, 4.69) is 21.2 Å². The molecule has 0 saturated carbocycles. The van der Waals surface area contributed by atoms with E-state index in [1.807, 2.05) is 24.5 Å². The molecule has 0 aliphatic heterocycles. The molecule has 6 heteroatoms. The molecule has 0 bridgehead atoms. The van der Waals surface area contributed by atoms with Crippen molar-refractivity contribution in [1.29, 1.82) is 0 Å². The summed E-state index contributed by atoms with van der Waals surface area (Å²) in [6, 6.07) is 7.61. The summed E-state index contributed by atoms with van der Waals surface area (Å²) < 4.78 is 16.6. The highest BCUT2D eigenvalue weighted by Crippen LogP contribution is 2.27. The molecule has 0 aliphatic rings. The molecule has 1 heterocycles. The summed E-state index contributed by atoms with van der Waals surface area (Å²) in [7, 11) is 0. The van der Waals surface area contributed by atoms with Gasteiger partial charge in [-0.25, -0.2) is 4.39 Å². The van der Waals surface area contributed by atoms with Crippen molar-refractivity contribution in [2.75, 3.05) is 0 Å². The summed E-state index contributed by atoms with van der Waals surface area (Å²) in [5.41, 5.74) is 0.806. The van der Waals surface area contributed by atoms with Crippen molar-refractivity contribution < 1.29 is 9.18 Å². The van der Waals surface area contributed by atoms with Crippen molar-refractivity contribution >= 4 is 33.4 Å². The first-order chi connectivity index (χ1) is 10.3. The number of nitrogens with zero attached hydrogens (tertiary/aromatic N) is 1. The molecule has 0 fully saturated rings. The lowest BCUT2D eigenvalue weighted by Gasteiger charge is -2.19. The fourth-order valence-electron chi connectivity index (χ4n) is 2.40. The predicted molar refractivity (Wildman–Crippen MR) is 89.8 cm³/mol. The molecule has 1 amide bonds. The van der Waals surface area contributed by atoms with Gasteiger partial charge in [0.1, 0.15) is 11.5 Å². The van der Waals surface area contributed by atoms with Gasteiger partial charge in [-0.1, -0.05) is 17.7 Å². The van der Waals surface area contributed by atoms with Crippen molar-refractivity contribution in [3.63, 3.8) is 0 Å². The first-order valence-corrected chi connectivity index (χ1v) is 8.11. The highest BCUT2D eigenvalue weighted by molar-refractivity contribution is 9.10. The zero-order valence-electron chi connectivity index (χ0n) is 12.5. The molecule has 1 aromatic heterocycles. The lowest BCUT2D eigenvalue weighted by atomic mass is 10.1. The number of nitrogens with one attached hydrogen (secondary N) is 1. The van der Waals surface area contributed by atoms with Crippen molar-refractivity contribution in [3.05, 3.63) is 57.0 Å². The van der Waals surface area contributed by atoms with E-state index in [1.54, 1.807) is 19.1 Å². The van der Waals surface area contributed by atoms with E-state index in [-0.39, 0.29) is 11.9 Å². The number of carbonyl (C=O) groups is 1. The van der Waals surface area contributed by atoms with E-state index in [0.29, 0.717) is 16.3 Å². The average molecular weight is 388 g/mol. The zero-order valence-corrected chi connectivity index (χ0v) is 14.9. The third kappa shape index (κ3) is 3.36. The second-order valence-corrected chi connectivity index (χ2v) is 6.56. The van der Waals surface area contributed by atoms with Crippen molar-refractivity contribution in [3.8, 4) is 0 Å². The largest absolute Gasteiger partial charge is 0.344 e. The van der Waals surface area contributed by atoms with Crippen molar-refractivity contribution in [2.24, 2.45) is 0 Å². The lowest BCUT2D eigenvalue weighted by Crippen LogP contribution is -2.29. The van der Waals surface area contributed by atoms with Crippen LogP contribution in [0.2, 0.25) is 5.02 Å². The third-order valence-electron chi connectivity index (χ3n) is 3.40. The summed E-state index contributed by atoms with van der Waals surface area (Å²) in [6.45, 7) is 5.68. The fourth-order valence-corrected chi connectivity index (χ4v) is 3.46. The Hall–Kier alpha value is -1.33. The number of halogens is 3. The number of amides is 1. The number of carbonyl (C=O) groups excluding carboxylic acids is 1. The standard InChI is InChI=1S/C16H17BrClFN2O/c1-9(2)21-13(7-8-14(21)17)16(22)20-10(3)15-11(18)5-4-6-12(15)19/h4-10H,1-3H3,(H,20,22). The van der Waals surface area contributed by atoms with E-state index >= 15 is 0 Å². The summed E-state index contributed by atoms with van der Waals surface area (Å²) in [4.78, 5) is 12.5. The molecule has 118 valence electrons. The molecule has 3 nitrogen and oxygen atoms in total. The second kappa shape index (κ2) is 6.84. The minimum atomic E-state index is -0.532. The van der Waals surface area contributed by atoms with Crippen LogP contribution in [0.1, 0.15) is 48.9 Å². The second-order valence-electron chi connectivity index (χ2n) is 5.34. The van der Waals surface area contributed by atoms with Gasteiger partial charge in [0.2, 0.25) is 0 Å². The molecule has 0 aliphatic carbocycles. The summed E-state index contributed by atoms with van der Waals surface area (Å²) >= 11 is 9.46. The average Bonchev–Trinajstić information content (AvgIpc) is 2.80. The Bertz CT molecular complexity index is 679. The van der Waals surface area contributed by atoms with Gasteiger partial charge in [0.05, 0.1) is 10.6 Å².